The van der Waals surface area contributed by atoms with E-state index in [1.165, 1.54) is 12.1 Å². The first-order valence-corrected chi connectivity index (χ1v) is 5.85. The third-order valence-electron chi connectivity index (χ3n) is 2.18. The summed E-state index contributed by atoms with van der Waals surface area (Å²) in [5.41, 5.74) is -0.924. The van der Waals surface area contributed by atoms with Gasteiger partial charge < -0.3 is 5.32 Å². The highest BCUT2D eigenvalue weighted by atomic mass is 35.5. The zero-order valence-electron chi connectivity index (χ0n) is 9.47. The molecule has 0 fully saturated rings. The predicted molar refractivity (Wildman–Crippen MR) is 66.7 cm³/mol. The van der Waals surface area contributed by atoms with Crippen LogP contribution in [0.4, 0.5) is 29.1 Å². The number of hydrogen-bond acceptors (Lipinski definition) is 3. The molecule has 106 valence electrons. The van der Waals surface area contributed by atoms with Crippen LogP contribution >= 0.6 is 23.2 Å². The molecule has 0 saturated carbocycles. The minimum atomic E-state index is -4.65. The van der Waals surface area contributed by atoms with Crippen LogP contribution in [0.2, 0.25) is 10.3 Å². The number of nitrogens with zero attached hydrogens (tertiary/aromatic N) is 2. The van der Waals surface area contributed by atoms with Crippen molar-refractivity contribution < 1.29 is 17.6 Å². The summed E-state index contributed by atoms with van der Waals surface area (Å²) in [5.74, 6) is -0.825. The van der Waals surface area contributed by atoms with Gasteiger partial charge in [0.25, 0.3) is 0 Å². The van der Waals surface area contributed by atoms with Crippen molar-refractivity contribution in [1.82, 2.24) is 9.97 Å². The van der Waals surface area contributed by atoms with Crippen molar-refractivity contribution in [3.63, 3.8) is 0 Å². The lowest BCUT2D eigenvalue weighted by atomic mass is 10.3. The zero-order valence-corrected chi connectivity index (χ0v) is 11.0. The van der Waals surface area contributed by atoms with E-state index in [1.54, 1.807) is 0 Å². The van der Waals surface area contributed by atoms with Gasteiger partial charge in [0.2, 0.25) is 5.28 Å². The molecule has 0 atom stereocenters. The summed E-state index contributed by atoms with van der Waals surface area (Å²) in [7, 11) is 0. The quantitative estimate of drug-likeness (QED) is 0.643. The largest absolute Gasteiger partial charge is 0.433 e. The topological polar surface area (TPSA) is 37.8 Å². The number of rotatable bonds is 2. The Morgan fingerprint density at radius 2 is 1.75 bits per heavy atom. The van der Waals surface area contributed by atoms with E-state index in [0.29, 0.717) is 6.07 Å². The smallest absolute Gasteiger partial charge is 0.340 e. The predicted octanol–water partition coefficient (Wildman–Crippen LogP) is 4.68. The molecule has 0 amide bonds. The number of alkyl halides is 3. The SMILES string of the molecule is Fc1ccc(Nc2cc(C(F)(F)F)nc(Cl)n2)cc1Cl. The van der Waals surface area contributed by atoms with Crippen molar-refractivity contribution in [3.05, 3.63) is 46.1 Å². The van der Waals surface area contributed by atoms with Crippen LogP contribution in [-0.4, -0.2) is 9.97 Å². The highest BCUT2D eigenvalue weighted by Gasteiger charge is 2.33. The monoisotopic (exact) mass is 325 g/mol. The molecule has 1 aromatic heterocycles. The summed E-state index contributed by atoms with van der Waals surface area (Å²) < 4.78 is 50.6. The maximum Gasteiger partial charge on any atom is 0.433 e. The molecule has 0 bridgehead atoms. The minimum absolute atomic E-state index is 0.175. The Labute approximate surface area is 120 Å². The fourth-order valence-corrected chi connectivity index (χ4v) is 1.71. The van der Waals surface area contributed by atoms with Crippen LogP contribution in [0.1, 0.15) is 5.69 Å². The van der Waals surface area contributed by atoms with Crippen LogP contribution in [0.5, 0.6) is 0 Å². The van der Waals surface area contributed by atoms with Crippen molar-refractivity contribution in [3.8, 4) is 0 Å². The third kappa shape index (κ3) is 3.49. The van der Waals surface area contributed by atoms with Gasteiger partial charge in [0.15, 0.2) is 5.69 Å². The summed E-state index contributed by atoms with van der Waals surface area (Å²) in [6, 6.07) is 4.26. The molecule has 1 heterocycles. The lowest BCUT2D eigenvalue weighted by molar-refractivity contribution is -0.141. The van der Waals surface area contributed by atoms with Gasteiger partial charge in [0.1, 0.15) is 11.6 Å². The van der Waals surface area contributed by atoms with E-state index in [0.717, 1.165) is 6.07 Å². The van der Waals surface area contributed by atoms with Crippen LogP contribution in [0.25, 0.3) is 0 Å². The molecule has 1 aromatic carbocycles. The van der Waals surface area contributed by atoms with Gasteiger partial charge in [-0.2, -0.15) is 13.2 Å². The summed E-state index contributed by atoms with van der Waals surface area (Å²) in [4.78, 5) is 6.68. The van der Waals surface area contributed by atoms with Gasteiger partial charge >= 0.3 is 6.18 Å². The molecule has 0 saturated heterocycles. The van der Waals surface area contributed by atoms with Gasteiger partial charge in [-0.25, -0.2) is 14.4 Å². The molecule has 0 unspecified atom stereocenters. The van der Waals surface area contributed by atoms with Gasteiger partial charge in [-0.05, 0) is 29.8 Å². The number of aromatic nitrogens is 2. The van der Waals surface area contributed by atoms with Crippen molar-refractivity contribution in [2.75, 3.05) is 5.32 Å². The lowest BCUT2D eigenvalue weighted by Crippen LogP contribution is -2.10. The van der Waals surface area contributed by atoms with Gasteiger partial charge in [-0.1, -0.05) is 11.6 Å². The van der Waals surface area contributed by atoms with Gasteiger partial charge in [-0.15, -0.1) is 0 Å². The molecule has 2 rings (SSSR count). The fraction of sp³-hybridized carbons (Fsp3) is 0.0909. The first kappa shape index (κ1) is 14.8. The molecule has 0 aliphatic rings. The summed E-state index contributed by atoms with van der Waals surface area (Å²) in [5, 5.41) is 1.80. The van der Waals surface area contributed by atoms with Gasteiger partial charge in [-0.3, -0.25) is 0 Å². The van der Waals surface area contributed by atoms with Crippen molar-refractivity contribution in [1.29, 1.82) is 0 Å². The van der Waals surface area contributed by atoms with Gasteiger partial charge in [0, 0.05) is 11.8 Å². The number of benzene rings is 1. The molecular formula is C11H5Cl2F4N3. The van der Waals surface area contributed by atoms with Crippen molar-refractivity contribution >= 4 is 34.7 Å². The maximum absolute atomic E-state index is 13.0. The number of hydrogen-bond donors (Lipinski definition) is 1. The molecule has 0 aliphatic carbocycles. The summed E-state index contributed by atoms with van der Waals surface area (Å²) in [6.45, 7) is 0. The zero-order chi connectivity index (χ0) is 14.9. The molecule has 1 N–H and O–H groups in total. The second-order valence-corrected chi connectivity index (χ2v) is 4.40. The summed E-state index contributed by atoms with van der Waals surface area (Å²) >= 11 is 11.0. The Hall–Kier alpha value is -1.60. The van der Waals surface area contributed by atoms with E-state index in [-0.39, 0.29) is 16.5 Å². The highest BCUT2D eigenvalue weighted by Crippen LogP contribution is 2.30. The Morgan fingerprint density at radius 3 is 2.35 bits per heavy atom. The molecule has 3 nitrogen and oxygen atoms in total. The lowest BCUT2D eigenvalue weighted by Gasteiger charge is -2.10. The van der Waals surface area contributed by atoms with Crippen molar-refractivity contribution in [2.45, 2.75) is 6.18 Å². The average Bonchev–Trinajstić information content (AvgIpc) is 2.32. The van der Waals surface area contributed by atoms with E-state index in [1.807, 2.05) is 0 Å². The maximum atomic E-state index is 13.0. The van der Waals surface area contributed by atoms with Crippen LogP contribution in [0.3, 0.4) is 0 Å². The molecule has 0 radical (unpaired) electrons. The Morgan fingerprint density at radius 1 is 1.05 bits per heavy atom. The second kappa shape index (κ2) is 5.41. The average molecular weight is 326 g/mol. The van der Waals surface area contributed by atoms with E-state index in [4.69, 9.17) is 23.2 Å². The van der Waals surface area contributed by atoms with Crippen LogP contribution in [-0.2, 0) is 6.18 Å². The molecule has 0 aliphatic heterocycles. The second-order valence-electron chi connectivity index (χ2n) is 3.66. The minimum Gasteiger partial charge on any atom is -0.340 e. The molecular weight excluding hydrogens is 321 g/mol. The molecule has 2 aromatic rings. The first-order valence-electron chi connectivity index (χ1n) is 5.09. The van der Waals surface area contributed by atoms with E-state index in [9.17, 15) is 17.6 Å². The normalized spacial score (nSPS) is 11.5. The fourth-order valence-electron chi connectivity index (χ4n) is 1.35. The van der Waals surface area contributed by atoms with Crippen molar-refractivity contribution in [2.24, 2.45) is 0 Å². The standard InChI is InChI=1S/C11H5Cl2F4N3/c12-6-3-5(1-2-7(6)14)18-9-4-8(11(15,16)17)19-10(13)20-9/h1-4H,(H,18,19,20). The molecule has 0 spiro atoms. The molecule has 20 heavy (non-hydrogen) atoms. The highest BCUT2D eigenvalue weighted by molar-refractivity contribution is 6.31. The Kier molecular flexibility index (Phi) is 4.01. The summed E-state index contributed by atoms with van der Waals surface area (Å²) in [6.07, 6.45) is -4.65. The van der Waals surface area contributed by atoms with Gasteiger partial charge in [0.05, 0.1) is 5.02 Å². The third-order valence-corrected chi connectivity index (χ3v) is 2.64. The van der Waals surface area contributed by atoms with E-state index in [2.05, 4.69) is 15.3 Å². The van der Waals surface area contributed by atoms with Crippen LogP contribution in [0.15, 0.2) is 24.3 Å². The first-order chi connectivity index (χ1) is 9.25. The van der Waals surface area contributed by atoms with E-state index < -0.39 is 23.0 Å². The number of nitrogens with one attached hydrogen (secondary N) is 1. The van der Waals surface area contributed by atoms with Crippen LogP contribution < -0.4 is 5.32 Å². The Balaban J connectivity index is 2.33. The number of halogens is 6. The number of anilines is 2. The van der Waals surface area contributed by atoms with E-state index >= 15 is 0 Å². The Bertz CT molecular complexity index is 646. The molecule has 9 heteroatoms. The van der Waals surface area contributed by atoms with Crippen LogP contribution in [0, 0.1) is 5.82 Å².